The molecular formula is C23H23Cl2N3O. The lowest BCUT2D eigenvalue weighted by Crippen LogP contribution is -2.37. The van der Waals surface area contributed by atoms with Gasteiger partial charge >= 0.3 is 0 Å². The second kappa shape index (κ2) is 9.09. The maximum atomic E-state index is 9.68. The van der Waals surface area contributed by atoms with E-state index in [1.165, 1.54) is 32.1 Å². The van der Waals surface area contributed by atoms with E-state index in [9.17, 15) is 5.26 Å². The van der Waals surface area contributed by atoms with Crippen LogP contribution < -0.4 is 0 Å². The van der Waals surface area contributed by atoms with Gasteiger partial charge in [-0.25, -0.2) is 0 Å². The van der Waals surface area contributed by atoms with Crippen LogP contribution in [0.1, 0.15) is 43.4 Å². The third-order valence-corrected chi connectivity index (χ3v) is 6.44. The molecule has 0 amide bonds. The maximum absolute atomic E-state index is 9.68. The monoisotopic (exact) mass is 427 g/mol. The molecule has 6 heteroatoms. The lowest BCUT2D eigenvalue weighted by atomic mass is 9.94. The molecule has 0 unspecified atom stereocenters. The number of halogens is 2. The largest absolute Gasteiger partial charge is 0.468 e. The molecule has 0 atom stereocenters. The van der Waals surface area contributed by atoms with Crippen molar-refractivity contribution in [3.05, 3.63) is 70.4 Å². The number of furan rings is 1. The van der Waals surface area contributed by atoms with E-state index in [2.05, 4.69) is 15.5 Å². The van der Waals surface area contributed by atoms with E-state index < -0.39 is 0 Å². The summed E-state index contributed by atoms with van der Waals surface area (Å²) in [5, 5.41) is 10.6. The van der Waals surface area contributed by atoms with Gasteiger partial charge in [0.2, 0.25) is 0 Å². The summed E-state index contributed by atoms with van der Waals surface area (Å²) in [4.78, 5) is 2.45. The Morgan fingerprint density at radius 3 is 2.62 bits per heavy atom. The van der Waals surface area contributed by atoms with Crippen molar-refractivity contribution in [2.75, 3.05) is 0 Å². The second-order valence-electron chi connectivity index (χ2n) is 7.57. The molecule has 1 fully saturated rings. The fourth-order valence-electron chi connectivity index (χ4n) is 4.16. The molecule has 2 heterocycles. The smallest absolute Gasteiger partial charge is 0.117 e. The van der Waals surface area contributed by atoms with Crippen molar-refractivity contribution in [3.63, 3.8) is 0 Å². The van der Waals surface area contributed by atoms with Gasteiger partial charge in [0.25, 0.3) is 0 Å². The summed E-state index contributed by atoms with van der Waals surface area (Å²) in [6.45, 7) is 1.45. The van der Waals surface area contributed by atoms with E-state index in [4.69, 9.17) is 27.6 Å². The SMILES string of the molecule is N#Cc1cn(CN(Cc2ccco2)C2CCCCC2)cc1-c1cccc(Cl)c1Cl. The van der Waals surface area contributed by atoms with E-state index >= 15 is 0 Å². The van der Waals surface area contributed by atoms with Gasteiger partial charge in [-0.2, -0.15) is 5.26 Å². The minimum atomic E-state index is 0.475. The number of nitrogens with zero attached hydrogens (tertiary/aromatic N) is 3. The zero-order chi connectivity index (χ0) is 20.2. The minimum absolute atomic E-state index is 0.475. The van der Waals surface area contributed by atoms with Crippen molar-refractivity contribution in [2.45, 2.75) is 51.4 Å². The fraction of sp³-hybridized carbons (Fsp3) is 0.348. The third kappa shape index (κ3) is 4.53. The predicted molar refractivity (Wildman–Crippen MR) is 116 cm³/mol. The first kappa shape index (κ1) is 20.1. The molecule has 0 saturated heterocycles. The quantitative estimate of drug-likeness (QED) is 0.438. The van der Waals surface area contributed by atoms with Gasteiger partial charge in [0.05, 0.1) is 35.1 Å². The highest BCUT2D eigenvalue weighted by molar-refractivity contribution is 6.43. The van der Waals surface area contributed by atoms with Crippen molar-refractivity contribution >= 4 is 23.2 Å². The summed E-state index contributed by atoms with van der Waals surface area (Å²) in [5.41, 5.74) is 2.18. The molecule has 1 aromatic carbocycles. The number of hydrogen-bond donors (Lipinski definition) is 0. The summed E-state index contributed by atoms with van der Waals surface area (Å²) in [7, 11) is 0. The van der Waals surface area contributed by atoms with Crippen molar-refractivity contribution in [1.82, 2.24) is 9.47 Å². The van der Waals surface area contributed by atoms with Gasteiger partial charge in [-0.05, 0) is 31.0 Å². The Morgan fingerprint density at radius 1 is 1.07 bits per heavy atom. The maximum Gasteiger partial charge on any atom is 0.117 e. The highest BCUT2D eigenvalue weighted by atomic mass is 35.5. The molecule has 1 saturated carbocycles. The lowest BCUT2D eigenvalue weighted by molar-refractivity contribution is 0.102. The molecule has 29 heavy (non-hydrogen) atoms. The Kier molecular flexibility index (Phi) is 6.30. The average molecular weight is 428 g/mol. The van der Waals surface area contributed by atoms with Gasteiger partial charge in [-0.3, -0.25) is 4.90 Å². The van der Waals surface area contributed by atoms with E-state index in [1.54, 1.807) is 12.3 Å². The van der Waals surface area contributed by atoms with E-state index in [1.807, 2.05) is 36.7 Å². The zero-order valence-electron chi connectivity index (χ0n) is 16.2. The summed E-state index contributed by atoms with van der Waals surface area (Å²) in [6.07, 6.45) is 11.8. The second-order valence-corrected chi connectivity index (χ2v) is 8.36. The lowest BCUT2D eigenvalue weighted by Gasteiger charge is -2.34. The van der Waals surface area contributed by atoms with Gasteiger partial charge in [-0.1, -0.05) is 54.6 Å². The molecule has 1 aliphatic carbocycles. The van der Waals surface area contributed by atoms with Crippen molar-refractivity contribution in [3.8, 4) is 17.2 Å². The Bertz CT molecular complexity index is 998. The molecule has 4 rings (SSSR count). The Labute approximate surface area is 181 Å². The first-order valence-electron chi connectivity index (χ1n) is 9.96. The van der Waals surface area contributed by atoms with Gasteiger partial charge in [-0.15, -0.1) is 0 Å². The van der Waals surface area contributed by atoms with Crippen LogP contribution in [0.5, 0.6) is 0 Å². The molecule has 4 nitrogen and oxygen atoms in total. The van der Waals surface area contributed by atoms with Crippen LogP contribution in [0, 0.1) is 11.3 Å². The van der Waals surface area contributed by atoms with Crippen LogP contribution in [0.25, 0.3) is 11.1 Å². The van der Waals surface area contributed by atoms with Crippen LogP contribution in [-0.4, -0.2) is 15.5 Å². The van der Waals surface area contributed by atoms with Crippen LogP contribution in [0.3, 0.4) is 0 Å². The average Bonchev–Trinajstić information content (AvgIpc) is 3.40. The molecule has 0 aliphatic heterocycles. The number of nitriles is 1. The first-order valence-corrected chi connectivity index (χ1v) is 10.7. The highest BCUT2D eigenvalue weighted by Gasteiger charge is 2.23. The van der Waals surface area contributed by atoms with E-state index in [0.29, 0.717) is 28.3 Å². The Balaban J connectivity index is 1.63. The topological polar surface area (TPSA) is 45.1 Å². The van der Waals surface area contributed by atoms with Crippen LogP contribution in [0.15, 0.2) is 53.4 Å². The summed E-state index contributed by atoms with van der Waals surface area (Å²) in [5.74, 6) is 0.960. The van der Waals surface area contributed by atoms with Crippen LogP contribution in [0.4, 0.5) is 0 Å². The molecule has 1 aliphatic rings. The Morgan fingerprint density at radius 2 is 1.90 bits per heavy atom. The molecule has 0 radical (unpaired) electrons. The van der Waals surface area contributed by atoms with Crippen LogP contribution >= 0.6 is 23.2 Å². The first-order chi connectivity index (χ1) is 14.2. The standard InChI is InChI=1S/C23H23Cl2N3O/c24-22-10-4-9-20(23(22)25)21-15-27(13-17(21)12-26)16-28(14-19-8-5-11-29-19)18-6-2-1-3-7-18/h4-5,8-11,13,15,18H,1-3,6-7,14,16H2. The van der Waals surface area contributed by atoms with Gasteiger partial charge in [0.1, 0.15) is 11.8 Å². The highest BCUT2D eigenvalue weighted by Crippen LogP contribution is 2.36. The van der Waals surface area contributed by atoms with E-state index in [0.717, 1.165) is 23.4 Å². The number of benzene rings is 1. The fourth-order valence-corrected chi connectivity index (χ4v) is 4.56. The zero-order valence-corrected chi connectivity index (χ0v) is 17.7. The molecular weight excluding hydrogens is 405 g/mol. The molecule has 0 N–H and O–H groups in total. The normalized spacial score (nSPS) is 15.0. The van der Waals surface area contributed by atoms with Crippen molar-refractivity contribution in [1.29, 1.82) is 5.26 Å². The van der Waals surface area contributed by atoms with Crippen molar-refractivity contribution < 1.29 is 4.42 Å². The van der Waals surface area contributed by atoms with Gasteiger partial charge < -0.3 is 8.98 Å². The Hall–Kier alpha value is -2.19. The number of aromatic nitrogens is 1. The van der Waals surface area contributed by atoms with Crippen LogP contribution in [0.2, 0.25) is 10.0 Å². The molecule has 0 spiro atoms. The molecule has 2 aromatic heterocycles. The summed E-state index contributed by atoms with van der Waals surface area (Å²) < 4.78 is 7.68. The van der Waals surface area contributed by atoms with E-state index in [-0.39, 0.29) is 0 Å². The van der Waals surface area contributed by atoms with Gasteiger partial charge in [0, 0.05) is 29.6 Å². The third-order valence-electron chi connectivity index (χ3n) is 5.62. The molecule has 150 valence electrons. The van der Waals surface area contributed by atoms with Crippen molar-refractivity contribution in [2.24, 2.45) is 0 Å². The van der Waals surface area contributed by atoms with Crippen LogP contribution in [-0.2, 0) is 13.2 Å². The number of hydrogen-bond acceptors (Lipinski definition) is 3. The number of rotatable bonds is 6. The summed E-state index contributed by atoms with van der Waals surface area (Å²) >= 11 is 12.6. The molecule has 0 bridgehead atoms. The predicted octanol–water partition coefficient (Wildman–Crippen LogP) is 6.72. The minimum Gasteiger partial charge on any atom is -0.468 e. The summed E-state index contributed by atoms with van der Waals surface area (Å²) in [6, 6.07) is 12.3. The molecule has 3 aromatic rings. The van der Waals surface area contributed by atoms with Gasteiger partial charge in [0.15, 0.2) is 0 Å².